The number of nitrogens with one attached hydrogen (secondary N) is 3. The first kappa shape index (κ1) is 33.9. The van der Waals surface area contributed by atoms with E-state index >= 15 is 0 Å². The van der Waals surface area contributed by atoms with E-state index in [0.717, 1.165) is 17.7 Å². The minimum Gasteiger partial charge on any atom is -0.345 e. The van der Waals surface area contributed by atoms with Crippen molar-refractivity contribution in [2.45, 2.75) is 64.8 Å². The molecule has 0 fully saturated rings. The van der Waals surface area contributed by atoms with Gasteiger partial charge < -0.3 is 21.7 Å². The third-order valence-electron chi connectivity index (χ3n) is 6.44. The van der Waals surface area contributed by atoms with Crippen LogP contribution in [-0.2, 0) is 30.4 Å². The average Bonchev–Trinajstić information content (AvgIpc) is 3.30. The summed E-state index contributed by atoms with van der Waals surface area (Å²) in [5, 5.41) is 8.12. The Hall–Kier alpha value is -4.31. The standard InChI is InChI=1S/C28H32N4O5.C4H11N/c1-20-11-13-22(14-12-20)30-25(34)19-29-28(37)23(18-21-8-4-2-5-9-21)31-24(33)10-6-3-7-17-32-26(35)15-16-27(32)36;1-2-3-4-5/h2,4-5,8-9,11-16,23H,3,6-7,10,17-19H2,1H3,(H,29,37)(H,30,34)(H,31,33);2-5H2,1H3/t23-;/m0./s1. The molecular formula is C32H43N5O5. The van der Waals surface area contributed by atoms with Crippen LogP contribution in [0.3, 0.4) is 0 Å². The highest BCUT2D eigenvalue weighted by molar-refractivity contribution is 6.12. The average molecular weight is 578 g/mol. The number of amides is 5. The van der Waals surface area contributed by atoms with E-state index in [4.69, 9.17) is 5.73 Å². The molecule has 1 heterocycles. The maximum Gasteiger partial charge on any atom is 0.253 e. The Morgan fingerprint density at radius 2 is 1.52 bits per heavy atom. The van der Waals surface area contributed by atoms with Crippen molar-refractivity contribution in [3.05, 3.63) is 77.9 Å². The molecule has 5 amide bonds. The summed E-state index contributed by atoms with van der Waals surface area (Å²) in [4.78, 5) is 62.1. The molecule has 42 heavy (non-hydrogen) atoms. The maximum atomic E-state index is 12.9. The lowest BCUT2D eigenvalue weighted by Crippen LogP contribution is -2.49. The SMILES string of the molecule is CCCCN.Cc1ccc(NC(=O)CNC(=O)[C@H](Cc2ccccc2)NC(=O)CCCCCN2C(=O)C=CC2=O)cc1. The molecule has 1 aliphatic heterocycles. The van der Waals surface area contributed by atoms with Gasteiger partial charge in [0.15, 0.2) is 0 Å². The topological polar surface area (TPSA) is 151 Å². The molecule has 2 aromatic rings. The van der Waals surface area contributed by atoms with Crippen molar-refractivity contribution in [1.29, 1.82) is 0 Å². The number of nitrogens with zero attached hydrogens (tertiary/aromatic N) is 1. The molecule has 5 N–H and O–H groups in total. The van der Waals surface area contributed by atoms with Crippen LogP contribution in [0.1, 0.15) is 56.6 Å². The maximum absolute atomic E-state index is 12.9. The lowest BCUT2D eigenvalue weighted by atomic mass is 10.0. The third-order valence-corrected chi connectivity index (χ3v) is 6.44. The fourth-order valence-corrected chi connectivity index (χ4v) is 4.05. The fraction of sp³-hybridized carbons (Fsp3) is 0.406. The highest BCUT2D eigenvalue weighted by Gasteiger charge is 2.23. The number of imide groups is 1. The van der Waals surface area contributed by atoms with Crippen LogP contribution in [0, 0.1) is 6.92 Å². The normalized spacial score (nSPS) is 12.8. The van der Waals surface area contributed by atoms with Gasteiger partial charge in [-0.05, 0) is 50.4 Å². The molecule has 0 saturated carbocycles. The summed E-state index contributed by atoms with van der Waals surface area (Å²) in [7, 11) is 0. The zero-order valence-electron chi connectivity index (χ0n) is 24.6. The van der Waals surface area contributed by atoms with E-state index in [0.29, 0.717) is 31.5 Å². The van der Waals surface area contributed by atoms with E-state index < -0.39 is 11.9 Å². The lowest BCUT2D eigenvalue weighted by Gasteiger charge is -2.19. The van der Waals surface area contributed by atoms with E-state index in [1.807, 2.05) is 49.4 Å². The van der Waals surface area contributed by atoms with Gasteiger partial charge in [-0.25, -0.2) is 0 Å². The summed E-state index contributed by atoms with van der Waals surface area (Å²) in [5.41, 5.74) is 7.72. The van der Waals surface area contributed by atoms with Crippen molar-refractivity contribution < 1.29 is 24.0 Å². The van der Waals surface area contributed by atoms with Crippen LogP contribution in [0.5, 0.6) is 0 Å². The number of unbranched alkanes of at least 4 members (excludes halogenated alkanes) is 3. The largest absolute Gasteiger partial charge is 0.345 e. The van der Waals surface area contributed by atoms with Crippen LogP contribution < -0.4 is 21.7 Å². The quantitative estimate of drug-likeness (QED) is 0.189. The summed E-state index contributed by atoms with van der Waals surface area (Å²) in [6.07, 6.45) is 7.16. The van der Waals surface area contributed by atoms with Crippen LogP contribution in [0.4, 0.5) is 5.69 Å². The number of hydrogen-bond donors (Lipinski definition) is 4. The predicted molar refractivity (Wildman–Crippen MR) is 163 cm³/mol. The van der Waals surface area contributed by atoms with Gasteiger partial charge in [-0.2, -0.15) is 0 Å². The Balaban J connectivity index is 0.00000113. The van der Waals surface area contributed by atoms with E-state index in [2.05, 4.69) is 22.9 Å². The summed E-state index contributed by atoms with van der Waals surface area (Å²) >= 11 is 0. The van der Waals surface area contributed by atoms with E-state index in [1.165, 1.54) is 29.9 Å². The lowest BCUT2D eigenvalue weighted by molar-refractivity contribution is -0.137. The smallest absolute Gasteiger partial charge is 0.253 e. The second kappa shape index (κ2) is 18.9. The second-order valence-corrected chi connectivity index (χ2v) is 10.1. The third kappa shape index (κ3) is 12.9. The molecule has 1 atom stereocenters. The molecular weight excluding hydrogens is 534 g/mol. The predicted octanol–water partition coefficient (Wildman–Crippen LogP) is 3.01. The number of aryl methyl sites for hydroxylation is 1. The van der Waals surface area contributed by atoms with Gasteiger partial charge in [-0.1, -0.05) is 67.8 Å². The number of anilines is 1. The first-order valence-electron chi connectivity index (χ1n) is 14.4. The Morgan fingerprint density at radius 3 is 2.12 bits per heavy atom. The van der Waals surface area contributed by atoms with Gasteiger partial charge in [0, 0.05) is 37.2 Å². The number of carbonyl (C=O) groups excluding carboxylic acids is 5. The van der Waals surface area contributed by atoms with Crippen LogP contribution in [-0.4, -0.2) is 60.1 Å². The van der Waals surface area contributed by atoms with Crippen molar-refractivity contribution in [1.82, 2.24) is 15.5 Å². The Labute approximate surface area is 248 Å². The fourth-order valence-electron chi connectivity index (χ4n) is 4.05. The van der Waals surface area contributed by atoms with Gasteiger partial charge in [-0.3, -0.25) is 28.9 Å². The summed E-state index contributed by atoms with van der Waals surface area (Å²) in [6.45, 7) is 5.01. The summed E-state index contributed by atoms with van der Waals surface area (Å²) in [5.74, 6) is -1.73. The molecule has 10 heteroatoms. The van der Waals surface area contributed by atoms with E-state index in [9.17, 15) is 24.0 Å². The van der Waals surface area contributed by atoms with Crippen molar-refractivity contribution in [3.63, 3.8) is 0 Å². The Bertz CT molecular complexity index is 1180. The van der Waals surface area contributed by atoms with Crippen molar-refractivity contribution >= 4 is 35.2 Å². The number of hydrogen-bond acceptors (Lipinski definition) is 6. The van der Waals surface area contributed by atoms with Gasteiger partial charge in [0.2, 0.25) is 17.7 Å². The van der Waals surface area contributed by atoms with Crippen LogP contribution in [0.2, 0.25) is 0 Å². The first-order valence-corrected chi connectivity index (χ1v) is 14.4. The molecule has 2 aromatic carbocycles. The molecule has 0 radical (unpaired) electrons. The molecule has 10 nitrogen and oxygen atoms in total. The minimum atomic E-state index is -0.840. The molecule has 0 aliphatic carbocycles. The molecule has 0 aromatic heterocycles. The van der Waals surface area contributed by atoms with Crippen LogP contribution in [0.25, 0.3) is 0 Å². The van der Waals surface area contributed by atoms with Gasteiger partial charge in [-0.15, -0.1) is 0 Å². The van der Waals surface area contributed by atoms with Gasteiger partial charge in [0.1, 0.15) is 6.04 Å². The highest BCUT2D eigenvalue weighted by atomic mass is 16.2. The number of carbonyl (C=O) groups is 5. The summed E-state index contributed by atoms with van der Waals surface area (Å²) in [6, 6.07) is 15.8. The zero-order valence-corrected chi connectivity index (χ0v) is 24.6. The van der Waals surface area contributed by atoms with E-state index in [-0.39, 0.29) is 43.0 Å². The monoisotopic (exact) mass is 577 g/mol. The minimum absolute atomic E-state index is 0.201. The van der Waals surface area contributed by atoms with Gasteiger partial charge in [0.25, 0.3) is 11.8 Å². The second-order valence-electron chi connectivity index (χ2n) is 10.1. The molecule has 0 saturated heterocycles. The highest BCUT2D eigenvalue weighted by Crippen LogP contribution is 2.10. The van der Waals surface area contributed by atoms with Gasteiger partial charge in [0.05, 0.1) is 6.54 Å². The number of nitrogens with two attached hydrogens (primary N) is 1. The van der Waals surface area contributed by atoms with Crippen molar-refractivity contribution in [2.75, 3.05) is 25.0 Å². The molecule has 0 bridgehead atoms. The molecule has 0 unspecified atom stereocenters. The Morgan fingerprint density at radius 1 is 0.857 bits per heavy atom. The first-order chi connectivity index (χ1) is 20.2. The van der Waals surface area contributed by atoms with E-state index in [1.54, 1.807) is 12.1 Å². The Kier molecular flexibility index (Phi) is 15.3. The molecule has 1 aliphatic rings. The van der Waals surface area contributed by atoms with Crippen molar-refractivity contribution in [2.24, 2.45) is 5.73 Å². The van der Waals surface area contributed by atoms with Crippen LogP contribution in [0.15, 0.2) is 66.7 Å². The molecule has 0 spiro atoms. The summed E-state index contributed by atoms with van der Waals surface area (Å²) < 4.78 is 0. The van der Waals surface area contributed by atoms with Crippen LogP contribution >= 0.6 is 0 Å². The van der Waals surface area contributed by atoms with Gasteiger partial charge >= 0.3 is 0 Å². The number of benzene rings is 2. The molecule has 226 valence electrons. The van der Waals surface area contributed by atoms with Crippen molar-refractivity contribution in [3.8, 4) is 0 Å². The number of rotatable bonds is 15. The zero-order chi connectivity index (χ0) is 30.7. The molecule has 3 rings (SSSR count).